The molecule has 106 valence electrons. The fourth-order valence-electron chi connectivity index (χ4n) is 1.50. The number of hydrogen-bond donors (Lipinski definition) is 3. The van der Waals surface area contributed by atoms with Crippen LogP contribution >= 0.6 is 0 Å². The van der Waals surface area contributed by atoms with Crippen molar-refractivity contribution in [2.45, 2.75) is 13.3 Å². The molecule has 1 aromatic carbocycles. The number of rotatable bonds is 7. The molecule has 4 N–H and O–H groups in total. The van der Waals surface area contributed by atoms with Gasteiger partial charge in [0, 0.05) is 18.8 Å². The van der Waals surface area contributed by atoms with Gasteiger partial charge < -0.3 is 10.6 Å². The van der Waals surface area contributed by atoms with Gasteiger partial charge in [-0.3, -0.25) is 4.79 Å². The standard InChI is InChI=1S/C12H19N3O3S/c1-2-7-14-11-6-4-3-5-10(11)12(16)15-8-9-19(13,17)18/h3-6,14H,2,7-9H2,1H3,(H,15,16)(H2,13,17,18). The van der Waals surface area contributed by atoms with Crippen molar-refractivity contribution in [1.29, 1.82) is 0 Å². The number of carbonyl (C=O) groups is 1. The lowest BCUT2D eigenvalue weighted by Crippen LogP contribution is -2.31. The van der Waals surface area contributed by atoms with Crippen LogP contribution in [0.25, 0.3) is 0 Å². The Bertz CT molecular complexity index is 529. The van der Waals surface area contributed by atoms with Gasteiger partial charge in [0.15, 0.2) is 0 Å². The van der Waals surface area contributed by atoms with E-state index in [0.29, 0.717) is 5.56 Å². The first-order valence-corrected chi connectivity index (χ1v) is 7.77. The van der Waals surface area contributed by atoms with E-state index < -0.39 is 10.0 Å². The molecular weight excluding hydrogens is 266 g/mol. The van der Waals surface area contributed by atoms with E-state index in [1.54, 1.807) is 12.1 Å². The highest BCUT2D eigenvalue weighted by molar-refractivity contribution is 7.89. The van der Waals surface area contributed by atoms with E-state index in [-0.39, 0.29) is 18.2 Å². The molecule has 0 atom stereocenters. The maximum absolute atomic E-state index is 11.9. The second-order valence-corrected chi connectivity index (χ2v) is 5.83. The normalized spacial score (nSPS) is 11.1. The molecule has 0 aromatic heterocycles. The number of hydrogen-bond acceptors (Lipinski definition) is 4. The molecule has 1 aromatic rings. The molecule has 0 unspecified atom stereocenters. The molecule has 7 heteroatoms. The number of carbonyl (C=O) groups excluding carboxylic acids is 1. The Labute approximate surface area is 113 Å². The molecule has 0 aliphatic rings. The quantitative estimate of drug-likeness (QED) is 0.680. The van der Waals surface area contributed by atoms with Crippen molar-refractivity contribution in [3.63, 3.8) is 0 Å². The smallest absolute Gasteiger partial charge is 0.253 e. The summed E-state index contributed by atoms with van der Waals surface area (Å²) in [6.07, 6.45) is 0.946. The number of nitrogens with one attached hydrogen (secondary N) is 2. The zero-order valence-electron chi connectivity index (χ0n) is 10.8. The number of anilines is 1. The minimum absolute atomic E-state index is 0.000220. The van der Waals surface area contributed by atoms with Crippen molar-refractivity contribution in [3.8, 4) is 0 Å². The third-order valence-corrected chi connectivity index (χ3v) is 3.18. The van der Waals surface area contributed by atoms with E-state index in [4.69, 9.17) is 5.14 Å². The molecule has 0 aliphatic heterocycles. The van der Waals surface area contributed by atoms with Gasteiger partial charge >= 0.3 is 0 Å². The number of benzene rings is 1. The van der Waals surface area contributed by atoms with E-state index in [1.807, 2.05) is 19.1 Å². The van der Waals surface area contributed by atoms with Crippen molar-refractivity contribution < 1.29 is 13.2 Å². The van der Waals surface area contributed by atoms with Crippen LogP contribution in [0.3, 0.4) is 0 Å². The minimum atomic E-state index is -3.56. The van der Waals surface area contributed by atoms with Crippen molar-refractivity contribution in [2.24, 2.45) is 5.14 Å². The monoisotopic (exact) mass is 285 g/mol. The molecule has 0 saturated carbocycles. The third-order valence-electron chi connectivity index (χ3n) is 2.41. The topological polar surface area (TPSA) is 101 Å². The van der Waals surface area contributed by atoms with Gasteiger partial charge in [-0.1, -0.05) is 19.1 Å². The van der Waals surface area contributed by atoms with Gasteiger partial charge in [0.25, 0.3) is 5.91 Å². The van der Waals surface area contributed by atoms with Gasteiger partial charge in [0.05, 0.1) is 11.3 Å². The molecular formula is C12H19N3O3S. The van der Waals surface area contributed by atoms with E-state index in [0.717, 1.165) is 18.7 Å². The summed E-state index contributed by atoms with van der Waals surface area (Å²) in [6.45, 7) is 2.79. The van der Waals surface area contributed by atoms with Crippen molar-refractivity contribution in [3.05, 3.63) is 29.8 Å². The minimum Gasteiger partial charge on any atom is -0.384 e. The van der Waals surface area contributed by atoms with Crippen molar-refractivity contribution in [2.75, 3.05) is 24.2 Å². The first-order chi connectivity index (χ1) is 8.94. The van der Waals surface area contributed by atoms with Crippen LogP contribution in [-0.4, -0.2) is 33.2 Å². The number of sulfonamides is 1. The lowest BCUT2D eigenvalue weighted by Gasteiger charge is -2.11. The second-order valence-electron chi connectivity index (χ2n) is 4.10. The Kier molecular flexibility index (Phi) is 5.78. The number of primary sulfonamides is 1. The lowest BCUT2D eigenvalue weighted by molar-refractivity contribution is 0.0957. The van der Waals surface area contributed by atoms with Crippen LogP contribution < -0.4 is 15.8 Å². The first kappa shape index (κ1) is 15.5. The maximum atomic E-state index is 11.9. The van der Waals surface area contributed by atoms with Crippen LogP contribution in [0.15, 0.2) is 24.3 Å². The van der Waals surface area contributed by atoms with Crippen molar-refractivity contribution >= 4 is 21.6 Å². The van der Waals surface area contributed by atoms with Gasteiger partial charge in [-0.25, -0.2) is 13.6 Å². The summed E-state index contributed by atoms with van der Waals surface area (Å²) in [4.78, 5) is 11.9. The van der Waals surface area contributed by atoms with Gasteiger partial charge in [-0.05, 0) is 18.6 Å². The third kappa shape index (κ3) is 5.71. The fourth-order valence-corrected chi connectivity index (χ4v) is 1.88. The second kappa shape index (κ2) is 7.10. The van der Waals surface area contributed by atoms with Crippen LogP contribution in [0, 0.1) is 0 Å². The Morgan fingerprint density at radius 3 is 2.58 bits per heavy atom. The zero-order valence-corrected chi connectivity index (χ0v) is 11.7. The van der Waals surface area contributed by atoms with E-state index in [9.17, 15) is 13.2 Å². The summed E-state index contributed by atoms with van der Waals surface area (Å²) in [5.41, 5.74) is 1.22. The molecule has 0 fully saturated rings. The van der Waals surface area contributed by atoms with Crippen LogP contribution in [0.2, 0.25) is 0 Å². The Morgan fingerprint density at radius 2 is 1.95 bits per heavy atom. The largest absolute Gasteiger partial charge is 0.384 e. The first-order valence-electron chi connectivity index (χ1n) is 6.05. The average molecular weight is 285 g/mol. The fraction of sp³-hybridized carbons (Fsp3) is 0.417. The highest BCUT2D eigenvalue weighted by atomic mass is 32.2. The maximum Gasteiger partial charge on any atom is 0.253 e. The van der Waals surface area contributed by atoms with E-state index in [1.165, 1.54) is 0 Å². The van der Waals surface area contributed by atoms with Crippen LogP contribution in [0.4, 0.5) is 5.69 Å². The van der Waals surface area contributed by atoms with Gasteiger partial charge in [0.2, 0.25) is 10.0 Å². The van der Waals surface area contributed by atoms with Crippen LogP contribution in [-0.2, 0) is 10.0 Å². The highest BCUT2D eigenvalue weighted by Gasteiger charge is 2.11. The Morgan fingerprint density at radius 1 is 1.26 bits per heavy atom. The molecule has 0 saturated heterocycles. The summed E-state index contributed by atoms with van der Waals surface area (Å²) in [5.74, 6) is -0.591. The summed E-state index contributed by atoms with van der Waals surface area (Å²) in [6, 6.07) is 7.08. The highest BCUT2D eigenvalue weighted by Crippen LogP contribution is 2.14. The zero-order chi connectivity index (χ0) is 14.3. The Balaban J connectivity index is 2.65. The molecule has 1 rings (SSSR count). The summed E-state index contributed by atoms with van der Waals surface area (Å²) in [7, 11) is -3.56. The predicted octanol–water partition coefficient (Wildman–Crippen LogP) is 0.527. The SMILES string of the molecule is CCCNc1ccccc1C(=O)NCCS(N)(=O)=O. The Hall–Kier alpha value is -1.60. The van der Waals surface area contributed by atoms with Gasteiger partial charge in [0.1, 0.15) is 0 Å². The van der Waals surface area contributed by atoms with E-state index in [2.05, 4.69) is 10.6 Å². The summed E-state index contributed by atoms with van der Waals surface area (Å²) < 4.78 is 21.5. The molecule has 0 spiro atoms. The average Bonchev–Trinajstić information content (AvgIpc) is 2.35. The number of nitrogens with two attached hydrogens (primary N) is 1. The molecule has 19 heavy (non-hydrogen) atoms. The molecule has 0 bridgehead atoms. The van der Waals surface area contributed by atoms with Gasteiger partial charge in [-0.15, -0.1) is 0 Å². The predicted molar refractivity (Wildman–Crippen MR) is 75.5 cm³/mol. The van der Waals surface area contributed by atoms with Crippen LogP contribution in [0.1, 0.15) is 23.7 Å². The van der Waals surface area contributed by atoms with Crippen LogP contribution in [0.5, 0.6) is 0 Å². The molecule has 6 nitrogen and oxygen atoms in total. The van der Waals surface area contributed by atoms with Crippen molar-refractivity contribution in [1.82, 2.24) is 5.32 Å². The number of amides is 1. The summed E-state index contributed by atoms with van der Waals surface area (Å²) in [5, 5.41) is 10.5. The molecule has 1 amide bonds. The number of para-hydroxylation sites is 1. The molecule has 0 aliphatic carbocycles. The van der Waals surface area contributed by atoms with Gasteiger partial charge in [-0.2, -0.15) is 0 Å². The lowest BCUT2D eigenvalue weighted by atomic mass is 10.1. The molecule has 0 heterocycles. The molecule has 0 radical (unpaired) electrons. The van der Waals surface area contributed by atoms with E-state index >= 15 is 0 Å². The summed E-state index contributed by atoms with van der Waals surface area (Å²) >= 11 is 0.